The van der Waals surface area contributed by atoms with Gasteiger partial charge in [0.1, 0.15) is 6.04 Å². The zero-order valence-electron chi connectivity index (χ0n) is 23.4. The van der Waals surface area contributed by atoms with Crippen molar-refractivity contribution < 1.29 is 19.4 Å². The quantitative estimate of drug-likeness (QED) is 0.160. The second-order valence-electron chi connectivity index (χ2n) is 10.3. The summed E-state index contributed by atoms with van der Waals surface area (Å²) in [5.41, 5.74) is 4.04. The molecule has 0 spiro atoms. The van der Waals surface area contributed by atoms with Gasteiger partial charge in [0.15, 0.2) is 0 Å². The van der Waals surface area contributed by atoms with E-state index in [1.165, 1.54) is 0 Å². The minimum Gasteiger partial charge on any atom is -0.394 e. The molecule has 1 fully saturated rings. The van der Waals surface area contributed by atoms with Gasteiger partial charge in [-0.1, -0.05) is 60.7 Å². The average Bonchev–Trinajstić information content (AvgIpc) is 3.54. The number of aliphatic hydroxyl groups is 1. The third kappa shape index (κ3) is 10.2. The molecule has 3 amide bonds. The summed E-state index contributed by atoms with van der Waals surface area (Å²) in [6, 6.07) is 18.7. The number of aliphatic hydroxyl groups excluding tert-OH is 1. The number of aromatic nitrogens is 1. The van der Waals surface area contributed by atoms with E-state index in [1.54, 1.807) is 21.7 Å². The fourth-order valence-corrected chi connectivity index (χ4v) is 5.55. The standard InChI is InChI=1S/C31H41N5O4S/c37-20-29(35-31(39)36-16-8-3-9-17-36)30(38)34-26(18-24-10-4-1-5-11-24)14-15-28(25-12-6-2-7-13-25)33-22-40-21-27-19-32-23-41-27/h1-2,4-7,10-13,19,23,26,28-29,33,37H,3,8-9,14-18,20-22H2,(H,34,38)(H,35,39). The molecule has 0 bridgehead atoms. The number of likely N-dealkylation sites (tertiary alicyclic amines) is 1. The molecule has 1 saturated heterocycles. The van der Waals surface area contributed by atoms with Crippen molar-refractivity contribution in [2.24, 2.45) is 0 Å². The highest BCUT2D eigenvalue weighted by Crippen LogP contribution is 2.21. The zero-order chi connectivity index (χ0) is 28.7. The molecule has 220 valence electrons. The molecule has 2 aromatic carbocycles. The monoisotopic (exact) mass is 579 g/mol. The molecule has 3 unspecified atom stereocenters. The van der Waals surface area contributed by atoms with E-state index in [2.05, 4.69) is 33.1 Å². The second kappa shape index (κ2) is 16.8. The topological polar surface area (TPSA) is 116 Å². The first-order chi connectivity index (χ1) is 20.1. The Bertz CT molecular complexity index is 1160. The van der Waals surface area contributed by atoms with E-state index in [0.717, 1.165) is 41.7 Å². The largest absolute Gasteiger partial charge is 0.394 e. The number of carbonyl (C=O) groups excluding carboxylic acids is 2. The molecule has 1 aliphatic rings. The summed E-state index contributed by atoms with van der Waals surface area (Å²) >= 11 is 1.56. The van der Waals surface area contributed by atoms with E-state index in [1.807, 2.05) is 54.7 Å². The van der Waals surface area contributed by atoms with Gasteiger partial charge in [0, 0.05) is 31.4 Å². The van der Waals surface area contributed by atoms with Gasteiger partial charge in [-0.2, -0.15) is 0 Å². The number of carbonyl (C=O) groups is 2. The van der Waals surface area contributed by atoms with Gasteiger partial charge in [-0.3, -0.25) is 15.1 Å². The molecule has 10 heteroatoms. The number of piperidine rings is 1. The van der Waals surface area contributed by atoms with Gasteiger partial charge in [-0.15, -0.1) is 11.3 Å². The predicted octanol–water partition coefficient (Wildman–Crippen LogP) is 4.01. The van der Waals surface area contributed by atoms with Crippen LogP contribution in [0.3, 0.4) is 0 Å². The van der Waals surface area contributed by atoms with Crippen LogP contribution in [0.25, 0.3) is 0 Å². The lowest BCUT2D eigenvalue weighted by Crippen LogP contribution is -2.55. The van der Waals surface area contributed by atoms with Gasteiger partial charge in [-0.25, -0.2) is 4.79 Å². The summed E-state index contributed by atoms with van der Waals surface area (Å²) in [5.74, 6) is -0.379. The second-order valence-corrected chi connectivity index (χ2v) is 11.3. The minimum atomic E-state index is -1.01. The highest BCUT2D eigenvalue weighted by molar-refractivity contribution is 7.09. The van der Waals surface area contributed by atoms with Crippen LogP contribution < -0.4 is 16.0 Å². The Labute approximate surface area is 246 Å². The fraction of sp³-hybridized carbons (Fsp3) is 0.452. The number of thiazole rings is 1. The molecule has 0 radical (unpaired) electrons. The normalized spacial score (nSPS) is 15.6. The summed E-state index contributed by atoms with van der Waals surface area (Å²) in [6.45, 7) is 1.75. The molecule has 41 heavy (non-hydrogen) atoms. The van der Waals surface area contributed by atoms with Crippen molar-refractivity contribution in [3.05, 3.63) is 88.4 Å². The minimum absolute atomic E-state index is 0.0141. The smallest absolute Gasteiger partial charge is 0.318 e. The lowest BCUT2D eigenvalue weighted by Gasteiger charge is -2.29. The molecule has 4 rings (SSSR count). The van der Waals surface area contributed by atoms with Crippen LogP contribution in [-0.4, -0.2) is 65.4 Å². The summed E-state index contributed by atoms with van der Waals surface area (Å²) < 4.78 is 5.85. The summed E-state index contributed by atoms with van der Waals surface area (Å²) in [4.78, 5) is 32.9. The van der Waals surface area contributed by atoms with Crippen molar-refractivity contribution in [1.82, 2.24) is 25.8 Å². The Balaban J connectivity index is 1.38. The van der Waals surface area contributed by atoms with Gasteiger partial charge >= 0.3 is 6.03 Å². The SMILES string of the molecule is O=C(NC(CCC(NCOCc1cncs1)c1ccccc1)Cc1ccccc1)C(CO)NC(=O)N1CCCCC1. The maximum Gasteiger partial charge on any atom is 0.318 e. The van der Waals surface area contributed by atoms with Crippen LogP contribution in [-0.2, 0) is 22.6 Å². The Morgan fingerprint density at radius 3 is 2.39 bits per heavy atom. The molecule has 1 aliphatic heterocycles. The number of hydrogen-bond acceptors (Lipinski definition) is 7. The number of rotatable bonds is 15. The Kier molecular flexibility index (Phi) is 12.6. The van der Waals surface area contributed by atoms with Crippen LogP contribution in [0.5, 0.6) is 0 Å². The number of hydrogen-bond donors (Lipinski definition) is 4. The molecule has 1 aromatic heterocycles. The van der Waals surface area contributed by atoms with Gasteiger partial charge in [0.25, 0.3) is 0 Å². The van der Waals surface area contributed by atoms with Gasteiger partial charge in [0.2, 0.25) is 5.91 Å². The molecular formula is C31H41N5O4S. The zero-order valence-corrected chi connectivity index (χ0v) is 24.2. The molecule has 4 N–H and O–H groups in total. The molecule has 0 aliphatic carbocycles. The molecule has 3 atom stereocenters. The number of nitrogens with zero attached hydrogens (tertiary/aromatic N) is 2. The fourth-order valence-electron chi connectivity index (χ4n) is 5.02. The van der Waals surface area contributed by atoms with Crippen molar-refractivity contribution in [2.75, 3.05) is 26.4 Å². The van der Waals surface area contributed by atoms with Gasteiger partial charge in [0.05, 0.1) is 30.3 Å². The van der Waals surface area contributed by atoms with Crippen LogP contribution in [0.4, 0.5) is 4.79 Å². The van der Waals surface area contributed by atoms with Crippen LogP contribution in [0.1, 0.15) is 54.1 Å². The van der Waals surface area contributed by atoms with Crippen molar-refractivity contribution in [3.8, 4) is 0 Å². The molecule has 0 saturated carbocycles. The van der Waals surface area contributed by atoms with E-state index in [0.29, 0.717) is 39.3 Å². The van der Waals surface area contributed by atoms with Crippen molar-refractivity contribution >= 4 is 23.3 Å². The Morgan fingerprint density at radius 2 is 1.71 bits per heavy atom. The van der Waals surface area contributed by atoms with Crippen LogP contribution >= 0.6 is 11.3 Å². The lowest BCUT2D eigenvalue weighted by molar-refractivity contribution is -0.124. The number of ether oxygens (including phenoxy) is 1. The van der Waals surface area contributed by atoms with E-state index in [4.69, 9.17) is 4.74 Å². The number of amides is 3. The van der Waals surface area contributed by atoms with E-state index in [-0.39, 0.29) is 24.0 Å². The number of benzene rings is 2. The van der Waals surface area contributed by atoms with Crippen LogP contribution in [0.2, 0.25) is 0 Å². The predicted molar refractivity (Wildman–Crippen MR) is 160 cm³/mol. The van der Waals surface area contributed by atoms with Gasteiger partial charge in [-0.05, 0) is 49.7 Å². The summed E-state index contributed by atoms with van der Waals surface area (Å²) in [6.07, 6.45) is 6.88. The summed E-state index contributed by atoms with van der Waals surface area (Å²) in [5, 5.41) is 19.4. The molecule has 2 heterocycles. The highest BCUT2D eigenvalue weighted by Gasteiger charge is 2.26. The molecular weight excluding hydrogens is 538 g/mol. The average molecular weight is 580 g/mol. The Morgan fingerprint density at radius 1 is 0.976 bits per heavy atom. The molecule has 9 nitrogen and oxygen atoms in total. The van der Waals surface area contributed by atoms with Crippen molar-refractivity contribution in [3.63, 3.8) is 0 Å². The highest BCUT2D eigenvalue weighted by atomic mass is 32.1. The maximum absolute atomic E-state index is 13.3. The third-order valence-electron chi connectivity index (χ3n) is 7.28. The number of nitrogens with one attached hydrogen (secondary N) is 3. The first-order valence-corrected chi connectivity index (χ1v) is 15.2. The van der Waals surface area contributed by atoms with E-state index < -0.39 is 12.6 Å². The third-order valence-corrected chi connectivity index (χ3v) is 8.03. The Hall–Kier alpha value is -3.31. The lowest BCUT2D eigenvalue weighted by atomic mass is 9.95. The maximum atomic E-state index is 13.3. The van der Waals surface area contributed by atoms with Gasteiger partial charge < -0.3 is 25.4 Å². The molecule has 3 aromatic rings. The van der Waals surface area contributed by atoms with Crippen LogP contribution in [0.15, 0.2) is 72.4 Å². The van der Waals surface area contributed by atoms with Crippen molar-refractivity contribution in [1.29, 1.82) is 0 Å². The van der Waals surface area contributed by atoms with Crippen molar-refractivity contribution in [2.45, 2.75) is 63.3 Å². The first kappa shape index (κ1) is 30.6. The van der Waals surface area contributed by atoms with E-state index >= 15 is 0 Å². The first-order valence-electron chi connectivity index (χ1n) is 14.4. The van der Waals surface area contributed by atoms with E-state index in [9.17, 15) is 14.7 Å². The van der Waals surface area contributed by atoms with Crippen LogP contribution in [0, 0.1) is 0 Å². The number of urea groups is 1. The summed E-state index contributed by atoms with van der Waals surface area (Å²) in [7, 11) is 0.